The molecule has 1 atom stereocenters. The number of carbonyl (C=O) groups excluding carboxylic acids is 1. The van der Waals surface area contributed by atoms with Gasteiger partial charge in [0.1, 0.15) is 0 Å². The molecule has 94 valence electrons. The van der Waals surface area contributed by atoms with E-state index in [-0.39, 0.29) is 17.9 Å². The first-order chi connectivity index (χ1) is 8.07. The van der Waals surface area contributed by atoms with Crippen molar-refractivity contribution in [2.75, 3.05) is 18.9 Å². The highest BCUT2D eigenvalue weighted by molar-refractivity contribution is 7.13. The van der Waals surface area contributed by atoms with E-state index < -0.39 is 0 Å². The van der Waals surface area contributed by atoms with Crippen molar-refractivity contribution in [3.05, 3.63) is 11.1 Å². The smallest absolute Gasteiger partial charge is 0.226 e. The van der Waals surface area contributed by atoms with E-state index in [2.05, 4.69) is 10.3 Å². The van der Waals surface area contributed by atoms with Crippen molar-refractivity contribution in [2.45, 2.75) is 31.7 Å². The number of carbonyl (C=O) groups is 1. The summed E-state index contributed by atoms with van der Waals surface area (Å²) in [5.74, 6) is -0.0247. The van der Waals surface area contributed by atoms with Gasteiger partial charge in [0.15, 0.2) is 5.13 Å². The molecule has 0 aromatic carbocycles. The maximum atomic E-state index is 11.9. The van der Waals surface area contributed by atoms with Crippen molar-refractivity contribution >= 4 is 22.4 Å². The molecule has 1 fully saturated rings. The third-order valence-electron chi connectivity index (χ3n) is 2.79. The fraction of sp³-hybridized carbons (Fsp3) is 0.636. The van der Waals surface area contributed by atoms with Crippen molar-refractivity contribution in [1.82, 2.24) is 10.3 Å². The Balaban J connectivity index is 1.88. The van der Waals surface area contributed by atoms with Gasteiger partial charge in [0.2, 0.25) is 5.91 Å². The van der Waals surface area contributed by atoms with E-state index in [1.165, 1.54) is 11.3 Å². The molecule has 0 radical (unpaired) electrons. The van der Waals surface area contributed by atoms with Gasteiger partial charge in [-0.2, -0.15) is 0 Å². The van der Waals surface area contributed by atoms with E-state index >= 15 is 0 Å². The number of ether oxygens (including phenoxy) is 1. The number of thiazole rings is 1. The van der Waals surface area contributed by atoms with Crippen molar-refractivity contribution in [3.8, 4) is 0 Å². The predicted octanol–water partition coefficient (Wildman–Crippen LogP) is 0.953. The third-order valence-corrected chi connectivity index (χ3v) is 3.51. The topological polar surface area (TPSA) is 77.2 Å². The number of nitrogens with one attached hydrogen (secondary N) is 1. The van der Waals surface area contributed by atoms with Gasteiger partial charge in [-0.25, -0.2) is 4.98 Å². The molecule has 0 bridgehead atoms. The van der Waals surface area contributed by atoms with Crippen LogP contribution in [0.2, 0.25) is 0 Å². The van der Waals surface area contributed by atoms with Crippen molar-refractivity contribution in [2.24, 2.45) is 0 Å². The maximum absolute atomic E-state index is 11.9. The predicted molar refractivity (Wildman–Crippen MR) is 66.8 cm³/mol. The Morgan fingerprint density at radius 2 is 2.59 bits per heavy atom. The zero-order valence-electron chi connectivity index (χ0n) is 9.86. The molecular weight excluding hydrogens is 238 g/mol. The summed E-state index contributed by atoms with van der Waals surface area (Å²) < 4.78 is 5.39. The molecule has 0 spiro atoms. The monoisotopic (exact) mass is 255 g/mol. The molecule has 2 heterocycles. The Morgan fingerprint density at radius 3 is 3.18 bits per heavy atom. The van der Waals surface area contributed by atoms with Crippen LogP contribution in [0.4, 0.5) is 5.13 Å². The lowest BCUT2D eigenvalue weighted by Gasteiger charge is -2.34. The van der Waals surface area contributed by atoms with Crippen LogP contribution in [0.15, 0.2) is 5.38 Å². The summed E-state index contributed by atoms with van der Waals surface area (Å²) >= 11 is 1.35. The molecule has 1 amide bonds. The summed E-state index contributed by atoms with van der Waals surface area (Å²) in [7, 11) is 0. The molecule has 1 aliphatic heterocycles. The SMILES string of the molecule is CC1(NC(=O)Cc2csc(N)n2)CCCOC1. The van der Waals surface area contributed by atoms with E-state index in [1.807, 2.05) is 12.3 Å². The minimum Gasteiger partial charge on any atom is -0.379 e. The molecule has 1 saturated heterocycles. The Hall–Kier alpha value is -1.14. The number of nitrogens with two attached hydrogens (primary N) is 1. The van der Waals surface area contributed by atoms with E-state index in [9.17, 15) is 4.79 Å². The highest BCUT2D eigenvalue weighted by Gasteiger charge is 2.29. The van der Waals surface area contributed by atoms with Crippen molar-refractivity contribution < 1.29 is 9.53 Å². The summed E-state index contributed by atoms with van der Waals surface area (Å²) in [5, 5.41) is 5.33. The molecule has 1 unspecified atom stereocenters. The van der Waals surface area contributed by atoms with E-state index in [0.29, 0.717) is 11.7 Å². The standard InChI is InChI=1S/C11H17N3O2S/c1-11(3-2-4-16-7-11)14-9(15)5-8-6-17-10(12)13-8/h6H,2-5,7H2,1H3,(H2,12,13)(H,14,15). The molecule has 1 aromatic heterocycles. The zero-order valence-corrected chi connectivity index (χ0v) is 10.7. The number of hydrogen-bond acceptors (Lipinski definition) is 5. The molecule has 1 aromatic rings. The van der Waals surface area contributed by atoms with Crippen LogP contribution in [-0.2, 0) is 16.0 Å². The van der Waals surface area contributed by atoms with Gasteiger partial charge in [-0.05, 0) is 19.8 Å². The molecule has 2 rings (SSSR count). The second-order valence-corrected chi connectivity index (χ2v) is 5.51. The van der Waals surface area contributed by atoms with Crippen LogP contribution in [0.5, 0.6) is 0 Å². The summed E-state index contributed by atoms with van der Waals surface area (Å²) in [6.07, 6.45) is 2.22. The number of aromatic nitrogens is 1. The lowest BCUT2D eigenvalue weighted by atomic mass is 9.94. The van der Waals surface area contributed by atoms with Crippen LogP contribution in [0.3, 0.4) is 0 Å². The van der Waals surface area contributed by atoms with Crippen LogP contribution < -0.4 is 11.1 Å². The Morgan fingerprint density at radius 1 is 1.76 bits per heavy atom. The van der Waals surface area contributed by atoms with Crippen molar-refractivity contribution in [3.63, 3.8) is 0 Å². The normalized spacial score (nSPS) is 24.5. The van der Waals surface area contributed by atoms with Crippen LogP contribution in [-0.4, -0.2) is 29.6 Å². The Kier molecular flexibility index (Phi) is 3.63. The van der Waals surface area contributed by atoms with Gasteiger partial charge in [0.05, 0.1) is 24.3 Å². The van der Waals surface area contributed by atoms with E-state index in [1.54, 1.807) is 0 Å². The third kappa shape index (κ3) is 3.41. The van der Waals surface area contributed by atoms with E-state index in [0.717, 1.165) is 25.1 Å². The minimum absolute atomic E-state index is 0.0247. The van der Waals surface area contributed by atoms with Gasteiger partial charge >= 0.3 is 0 Å². The van der Waals surface area contributed by atoms with Crippen molar-refractivity contribution in [1.29, 1.82) is 0 Å². The number of anilines is 1. The minimum atomic E-state index is -0.239. The maximum Gasteiger partial charge on any atom is 0.226 e. The second-order valence-electron chi connectivity index (χ2n) is 4.62. The Bertz CT molecular complexity index is 399. The summed E-state index contributed by atoms with van der Waals surface area (Å²) in [4.78, 5) is 15.9. The molecule has 6 heteroatoms. The molecule has 0 aliphatic carbocycles. The first kappa shape index (κ1) is 12.3. The van der Waals surface area contributed by atoms with Crippen LogP contribution >= 0.6 is 11.3 Å². The number of amides is 1. The van der Waals surface area contributed by atoms with Gasteiger partial charge in [-0.15, -0.1) is 11.3 Å². The summed E-state index contributed by atoms with van der Waals surface area (Å²) in [6, 6.07) is 0. The molecule has 3 N–H and O–H groups in total. The lowest BCUT2D eigenvalue weighted by molar-refractivity contribution is -0.124. The quantitative estimate of drug-likeness (QED) is 0.843. The van der Waals surface area contributed by atoms with Crippen LogP contribution in [0.1, 0.15) is 25.5 Å². The molecule has 17 heavy (non-hydrogen) atoms. The highest BCUT2D eigenvalue weighted by Crippen LogP contribution is 2.18. The largest absolute Gasteiger partial charge is 0.379 e. The molecule has 1 aliphatic rings. The summed E-state index contributed by atoms with van der Waals surface area (Å²) in [5.41, 5.74) is 6.01. The zero-order chi connectivity index (χ0) is 12.3. The van der Waals surface area contributed by atoms with Crippen LogP contribution in [0, 0.1) is 0 Å². The molecule has 5 nitrogen and oxygen atoms in total. The van der Waals surface area contributed by atoms with Gasteiger partial charge in [-0.3, -0.25) is 4.79 Å². The fourth-order valence-corrected chi connectivity index (χ4v) is 2.54. The second kappa shape index (κ2) is 5.01. The average molecular weight is 255 g/mol. The Labute approximate surface area is 104 Å². The first-order valence-electron chi connectivity index (χ1n) is 5.66. The first-order valence-corrected chi connectivity index (χ1v) is 6.54. The lowest BCUT2D eigenvalue weighted by Crippen LogP contribution is -2.52. The molecule has 0 saturated carbocycles. The fourth-order valence-electron chi connectivity index (χ4n) is 1.98. The van der Waals surface area contributed by atoms with Gasteiger partial charge < -0.3 is 15.8 Å². The summed E-state index contributed by atoms with van der Waals surface area (Å²) in [6.45, 7) is 3.38. The number of nitrogen functional groups attached to an aromatic ring is 1. The number of hydrogen-bond donors (Lipinski definition) is 2. The van der Waals surface area contributed by atoms with E-state index in [4.69, 9.17) is 10.5 Å². The van der Waals surface area contributed by atoms with Gasteiger partial charge in [-0.1, -0.05) is 0 Å². The average Bonchev–Trinajstić information content (AvgIpc) is 2.63. The number of nitrogens with zero attached hydrogens (tertiary/aromatic N) is 1. The van der Waals surface area contributed by atoms with Crippen LogP contribution in [0.25, 0.3) is 0 Å². The highest BCUT2D eigenvalue weighted by atomic mass is 32.1. The number of rotatable bonds is 3. The van der Waals surface area contributed by atoms with Gasteiger partial charge in [0, 0.05) is 12.0 Å². The molecular formula is C11H17N3O2S. The van der Waals surface area contributed by atoms with Gasteiger partial charge in [0.25, 0.3) is 0 Å².